The number of hydrogen-bond donors (Lipinski definition) is 1. The molecule has 1 unspecified atom stereocenters. The largest absolute Gasteiger partial charge is 0.356 e. The lowest BCUT2D eigenvalue weighted by Crippen LogP contribution is -2.31. The van der Waals surface area contributed by atoms with Crippen LogP contribution in [0.25, 0.3) is 0 Å². The third kappa shape index (κ3) is 6.50. The SMILES string of the molecule is CCCCCCCCNC(=O)C1CC=CCC1. The van der Waals surface area contributed by atoms with Gasteiger partial charge < -0.3 is 5.32 Å². The fourth-order valence-corrected chi connectivity index (χ4v) is 2.29. The molecular formula is C15H27NO. The van der Waals surface area contributed by atoms with Gasteiger partial charge in [-0.2, -0.15) is 0 Å². The molecule has 0 bridgehead atoms. The molecule has 2 nitrogen and oxygen atoms in total. The van der Waals surface area contributed by atoms with Crippen molar-refractivity contribution in [3.8, 4) is 0 Å². The van der Waals surface area contributed by atoms with E-state index in [1.807, 2.05) is 0 Å². The van der Waals surface area contributed by atoms with Gasteiger partial charge in [-0.3, -0.25) is 4.79 Å². The predicted molar refractivity (Wildman–Crippen MR) is 72.9 cm³/mol. The first kappa shape index (κ1) is 14.3. The minimum Gasteiger partial charge on any atom is -0.356 e. The highest BCUT2D eigenvalue weighted by molar-refractivity contribution is 5.78. The molecule has 0 fully saturated rings. The number of hydrogen-bond acceptors (Lipinski definition) is 1. The molecule has 1 aliphatic rings. The van der Waals surface area contributed by atoms with E-state index >= 15 is 0 Å². The van der Waals surface area contributed by atoms with E-state index < -0.39 is 0 Å². The number of amides is 1. The summed E-state index contributed by atoms with van der Waals surface area (Å²) in [6.07, 6.45) is 15.0. The van der Waals surface area contributed by atoms with Crippen LogP contribution >= 0.6 is 0 Å². The number of nitrogens with one attached hydrogen (secondary N) is 1. The molecule has 0 saturated heterocycles. The van der Waals surface area contributed by atoms with Gasteiger partial charge in [0.2, 0.25) is 5.91 Å². The van der Waals surface area contributed by atoms with Crippen LogP contribution in [0.1, 0.15) is 64.7 Å². The van der Waals surface area contributed by atoms with Gasteiger partial charge in [-0.25, -0.2) is 0 Å². The van der Waals surface area contributed by atoms with Crippen LogP contribution in [0.15, 0.2) is 12.2 Å². The van der Waals surface area contributed by atoms with E-state index in [-0.39, 0.29) is 11.8 Å². The first-order valence-corrected chi connectivity index (χ1v) is 7.27. The Morgan fingerprint density at radius 1 is 1.18 bits per heavy atom. The van der Waals surface area contributed by atoms with Crippen molar-refractivity contribution in [2.24, 2.45) is 5.92 Å². The minimum absolute atomic E-state index is 0.236. The Balaban J connectivity index is 1.95. The van der Waals surface area contributed by atoms with Gasteiger partial charge in [-0.05, 0) is 25.7 Å². The Labute approximate surface area is 106 Å². The molecule has 0 spiro atoms. The highest BCUT2D eigenvalue weighted by Crippen LogP contribution is 2.17. The van der Waals surface area contributed by atoms with E-state index in [4.69, 9.17) is 0 Å². The van der Waals surface area contributed by atoms with Gasteiger partial charge in [0.15, 0.2) is 0 Å². The van der Waals surface area contributed by atoms with Gasteiger partial charge in [-0.15, -0.1) is 0 Å². The van der Waals surface area contributed by atoms with Gasteiger partial charge in [0.05, 0.1) is 0 Å². The molecule has 0 heterocycles. The van der Waals surface area contributed by atoms with E-state index in [0.717, 1.165) is 32.2 Å². The molecule has 0 radical (unpaired) electrons. The number of carbonyl (C=O) groups excluding carboxylic acids is 1. The molecule has 1 aliphatic carbocycles. The molecule has 1 amide bonds. The van der Waals surface area contributed by atoms with Crippen LogP contribution in [0.3, 0.4) is 0 Å². The summed E-state index contributed by atoms with van der Waals surface area (Å²) in [7, 11) is 0. The molecule has 1 rings (SSSR count). The standard InChI is InChI=1S/C15H27NO/c1-2-3-4-5-6-10-13-16-15(17)14-11-8-7-9-12-14/h7-8,14H,2-6,9-13H2,1H3,(H,16,17). The zero-order chi connectivity index (χ0) is 12.3. The van der Waals surface area contributed by atoms with Crippen molar-refractivity contribution in [3.05, 3.63) is 12.2 Å². The summed E-state index contributed by atoms with van der Waals surface area (Å²) in [5, 5.41) is 3.07. The van der Waals surface area contributed by atoms with E-state index in [2.05, 4.69) is 24.4 Å². The monoisotopic (exact) mass is 237 g/mol. The van der Waals surface area contributed by atoms with E-state index in [1.54, 1.807) is 0 Å². The van der Waals surface area contributed by atoms with E-state index in [1.165, 1.54) is 32.1 Å². The van der Waals surface area contributed by atoms with Crippen LogP contribution in [0.5, 0.6) is 0 Å². The summed E-state index contributed by atoms with van der Waals surface area (Å²) in [4.78, 5) is 11.8. The quantitative estimate of drug-likeness (QED) is 0.504. The molecule has 0 aromatic carbocycles. The highest BCUT2D eigenvalue weighted by atomic mass is 16.1. The molecule has 1 N–H and O–H groups in total. The lowest BCUT2D eigenvalue weighted by molar-refractivity contribution is -0.125. The van der Waals surface area contributed by atoms with E-state index in [9.17, 15) is 4.79 Å². The molecule has 0 aromatic rings. The Morgan fingerprint density at radius 2 is 1.94 bits per heavy atom. The number of carbonyl (C=O) groups is 1. The summed E-state index contributed by atoms with van der Waals surface area (Å²) in [6, 6.07) is 0. The zero-order valence-electron chi connectivity index (χ0n) is 11.2. The fourth-order valence-electron chi connectivity index (χ4n) is 2.29. The zero-order valence-corrected chi connectivity index (χ0v) is 11.2. The second-order valence-electron chi connectivity index (χ2n) is 5.04. The molecule has 2 heteroatoms. The summed E-state index contributed by atoms with van der Waals surface area (Å²) >= 11 is 0. The van der Waals surface area contributed by atoms with Crippen LogP contribution in [-0.4, -0.2) is 12.5 Å². The summed E-state index contributed by atoms with van der Waals surface area (Å²) < 4.78 is 0. The first-order valence-electron chi connectivity index (χ1n) is 7.27. The summed E-state index contributed by atoms with van der Waals surface area (Å²) in [5.74, 6) is 0.503. The van der Waals surface area contributed by atoms with Gasteiger partial charge in [0, 0.05) is 12.5 Å². The van der Waals surface area contributed by atoms with Crippen molar-refractivity contribution < 1.29 is 4.79 Å². The maximum Gasteiger partial charge on any atom is 0.223 e. The molecule has 17 heavy (non-hydrogen) atoms. The van der Waals surface area contributed by atoms with Gasteiger partial charge in [0.25, 0.3) is 0 Å². The Bertz CT molecular complexity index is 235. The normalized spacial score (nSPS) is 19.2. The van der Waals surface area contributed by atoms with Crippen molar-refractivity contribution in [2.75, 3.05) is 6.54 Å². The van der Waals surface area contributed by atoms with Gasteiger partial charge >= 0.3 is 0 Å². The molecule has 0 aliphatic heterocycles. The smallest absolute Gasteiger partial charge is 0.223 e. The second kappa shape index (κ2) is 9.26. The Morgan fingerprint density at radius 3 is 2.65 bits per heavy atom. The minimum atomic E-state index is 0.236. The van der Waals surface area contributed by atoms with Crippen molar-refractivity contribution in [1.29, 1.82) is 0 Å². The first-order chi connectivity index (χ1) is 8.34. The van der Waals surface area contributed by atoms with Crippen molar-refractivity contribution >= 4 is 5.91 Å². The fraction of sp³-hybridized carbons (Fsp3) is 0.800. The van der Waals surface area contributed by atoms with Crippen LogP contribution in [0.2, 0.25) is 0 Å². The predicted octanol–water partition coefficient (Wildman–Crippen LogP) is 3.82. The third-order valence-electron chi connectivity index (χ3n) is 3.47. The highest BCUT2D eigenvalue weighted by Gasteiger charge is 2.17. The maximum atomic E-state index is 11.8. The molecular weight excluding hydrogens is 210 g/mol. The summed E-state index contributed by atoms with van der Waals surface area (Å²) in [6.45, 7) is 3.10. The van der Waals surface area contributed by atoms with Crippen molar-refractivity contribution in [1.82, 2.24) is 5.32 Å². The van der Waals surface area contributed by atoms with Crippen LogP contribution in [0, 0.1) is 5.92 Å². The Kier molecular flexibility index (Phi) is 7.78. The van der Waals surface area contributed by atoms with Crippen LogP contribution < -0.4 is 5.32 Å². The average molecular weight is 237 g/mol. The van der Waals surface area contributed by atoms with Crippen molar-refractivity contribution in [3.63, 3.8) is 0 Å². The molecule has 0 saturated carbocycles. The average Bonchev–Trinajstić information content (AvgIpc) is 2.38. The van der Waals surface area contributed by atoms with Gasteiger partial charge in [0.1, 0.15) is 0 Å². The summed E-state index contributed by atoms with van der Waals surface area (Å²) in [5.41, 5.74) is 0. The van der Waals surface area contributed by atoms with Crippen LogP contribution in [0.4, 0.5) is 0 Å². The maximum absolute atomic E-state index is 11.8. The number of unbranched alkanes of at least 4 members (excludes halogenated alkanes) is 5. The second-order valence-corrected chi connectivity index (χ2v) is 5.04. The van der Waals surface area contributed by atoms with E-state index in [0.29, 0.717) is 0 Å². The van der Waals surface area contributed by atoms with Crippen molar-refractivity contribution in [2.45, 2.75) is 64.7 Å². The number of allylic oxidation sites excluding steroid dienone is 2. The molecule has 0 aromatic heterocycles. The molecule has 1 atom stereocenters. The van der Waals surface area contributed by atoms with Crippen LogP contribution in [-0.2, 0) is 4.79 Å². The topological polar surface area (TPSA) is 29.1 Å². The lowest BCUT2D eigenvalue weighted by atomic mass is 9.94. The lowest BCUT2D eigenvalue weighted by Gasteiger charge is -2.17. The molecule has 98 valence electrons. The number of rotatable bonds is 8. The third-order valence-corrected chi connectivity index (χ3v) is 3.47. The Hall–Kier alpha value is -0.790. The van der Waals surface area contributed by atoms with Gasteiger partial charge in [-0.1, -0.05) is 51.2 Å².